The third-order valence-corrected chi connectivity index (χ3v) is 8.92. The number of piperidine rings is 1. The Hall–Kier alpha value is -4.02. The number of hydrogen-bond acceptors (Lipinski definition) is 4. The largest absolute Gasteiger partial charge is 0.348 e. The number of amides is 2. The summed E-state index contributed by atoms with van der Waals surface area (Å²) in [5.41, 5.74) is 2.76. The van der Waals surface area contributed by atoms with E-state index < -0.39 is 5.82 Å². The highest BCUT2D eigenvalue weighted by Crippen LogP contribution is 2.41. The van der Waals surface area contributed by atoms with Crippen LogP contribution in [0.1, 0.15) is 53.2 Å². The number of fused-ring (bicyclic) bond motifs is 1. The summed E-state index contributed by atoms with van der Waals surface area (Å²) in [4.78, 5) is 32.1. The topological polar surface area (TPSA) is 86.3 Å². The second-order valence-corrected chi connectivity index (χ2v) is 12.1. The van der Waals surface area contributed by atoms with E-state index in [0.717, 1.165) is 25.9 Å². The fourth-order valence-electron chi connectivity index (χ4n) is 6.24. The van der Waals surface area contributed by atoms with Crippen molar-refractivity contribution in [2.24, 2.45) is 0 Å². The van der Waals surface area contributed by atoms with Gasteiger partial charge in [-0.3, -0.25) is 14.3 Å². The van der Waals surface area contributed by atoms with Gasteiger partial charge in [0, 0.05) is 74.1 Å². The van der Waals surface area contributed by atoms with E-state index >= 15 is 8.78 Å². The van der Waals surface area contributed by atoms with Gasteiger partial charge in [-0.15, -0.1) is 0 Å². The van der Waals surface area contributed by atoms with Crippen molar-refractivity contribution in [2.75, 3.05) is 40.3 Å². The number of aromatic nitrogens is 3. The first-order valence-corrected chi connectivity index (χ1v) is 15.3. The molecule has 0 aliphatic carbocycles. The number of nitrogens with zero attached hydrogens (tertiary/aromatic N) is 4. The van der Waals surface area contributed by atoms with Crippen LogP contribution in [-0.4, -0.2) is 76.7 Å². The van der Waals surface area contributed by atoms with Crippen LogP contribution in [0.2, 0.25) is 5.02 Å². The number of carbonyl (C=O) groups is 2. The molecule has 2 aromatic heterocycles. The lowest BCUT2D eigenvalue weighted by atomic mass is 9.87. The SMILES string of the molecule is CN(C)C(=O)c1cc2c(-c3cc(F)c(C4CCNCC4)cc3Cl)cc(C3=CCCN(C(=O)CCn4cccn4)C3)c(F)c2[nH]1. The quantitative estimate of drug-likeness (QED) is 0.272. The summed E-state index contributed by atoms with van der Waals surface area (Å²) in [5, 5.41) is 8.24. The summed E-state index contributed by atoms with van der Waals surface area (Å²) in [5.74, 6) is -1.21. The second-order valence-electron chi connectivity index (χ2n) is 11.7. The van der Waals surface area contributed by atoms with E-state index in [9.17, 15) is 9.59 Å². The average Bonchev–Trinajstić information content (AvgIpc) is 3.72. The molecule has 0 unspecified atom stereocenters. The molecule has 4 heterocycles. The van der Waals surface area contributed by atoms with Crippen LogP contribution in [-0.2, 0) is 11.3 Å². The summed E-state index contributed by atoms with van der Waals surface area (Å²) in [7, 11) is 3.24. The maximum atomic E-state index is 16.4. The van der Waals surface area contributed by atoms with Crippen molar-refractivity contribution in [3.8, 4) is 11.1 Å². The number of hydrogen-bond donors (Lipinski definition) is 2. The Kier molecular flexibility index (Phi) is 8.55. The summed E-state index contributed by atoms with van der Waals surface area (Å²) in [6, 6.07) is 8.19. The predicted octanol–water partition coefficient (Wildman–Crippen LogP) is 5.84. The zero-order valence-corrected chi connectivity index (χ0v) is 25.6. The minimum absolute atomic E-state index is 0.0508. The Bertz CT molecular complexity index is 1740. The number of nitrogens with one attached hydrogen (secondary N) is 2. The summed E-state index contributed by atoms with van der Waals surface area (Å²) < 4.78 is 33.8. The molecular formula is C33H35ClF2N6O2. The van der Waals surface area contributed by atoms with Crippen LogP contribution < -0.4 is 5.32 Å². The van der Waals surface area contributed by atoms with Crippen molar-refractivity contribution < 1.29 is 18.4 Å². The summed E-state index contributed by atoms with van der Waals surface area (Å²) >= 11 is 6.86. The van der Waals surface area contributed by atoms with Gasteiger partial charge in [0.2, 0.25) is 5.91 Å². The molecule has 0 bridgehead atoms. The molecule has 0 saturated carbocycles. The summed E-state index contributed by atoms with van der Waals surface area (Å²) in [6.07, 6.45) is 7.87. The van der Waals surface area contributed by atoms with Crippen molar-refractivity contribution in [3.05, 3.63) is 82.3 Å². The van der Waals surface area contributed by atoms with Gasteiger partial charge in [-0.2, -0.15) is 5.10 Å². The Labute approximate surface area is 259 Å². The van der Waals surface area contributed by atoms with Crippen molar-refractivity contribution in [3.63, 3.8) is 0 Å². The molecule has 0 spiro atoms. The van der Waals surface area contributed by atoms with Crippen LogP contribution in [0.25, 0.3) is 27.6 Å². The first kappa shape index (κ1) is 30.0. The van der Waals surface area contributed by atoms with E-state index in [4.69, 9.17) is 11.6 Å². The molecule has 2 amide bonds. The van der Waals surface area contributed by atoms with Gasteiger partial charge in [-0.05, 0) is 85.3 Å². The smallest absolute Gasteiger partial charge is 0.269 e. The molecule has 1 saturated heterocycles. The highest BCUT2D eigenvalue weighted by atomic mass is 35.5. The Balaban J connectivity index is 1.41. The molecule has 2 aliphatic heterocycles. The van der Waals surface area contributed by atoms with Crippen molar-refractivity contribution >= 4 is 39.9 Å². The zero-order valence-electron chi connectivity index (χ0n) is 24.8. The third-order valence-electron chi connectivity index (χ3n) is 8.61. The highest BCUT2D eigenvalue weighted by Gasteiger charge is 2.27. The molecular weight excluding hydrogens is 586 g/mol. The second kappa shape index (κ2) is 12.5. The molecule has 4 aromatic rings. The normalized spacial score (nSPS) is 15.9. The molecule has 230 valence electrons. The molecule has 44 heavy (non-hydrogen) atoms. The van der Waals surface area contributed by atoms with Crippen LogP contribution in [0.3, 0.4) is 0 Å². The Morgan fingerprint density at radius 1 is 1.09 bits per heavy atom. The van der Waals surface area contributed by atoms with E-state index in [2.05, 4.69) is 15.4 Å². The van der Waals surface area contributed by atoms with Gasteiger partial charge in [-0.25, -0.2) is 8.78 Å². The third kappa shape index (κ3) is 5.88. The highest BCUT2D eigenvalue weighted by molar-refractivity contribution is 6.34. The van der Waals surface area contributed by atoms with Crippen molar-refractivity contribution in [2.45, 2.75) is 38.1 Å². The Morgan fingerprint density at radius 3 is 2.61 bits per heavy atom. The molecule has 2 aliphatic rings. The molecule has 0 radical (unpaired) electrons. The first-order chi connectivity index (χ1) is 21.2. The van der Waals surface area contributed by atoms with E-state index in [1.165, 1.54) is 11.0 Å². The number of aryl methyl sites for hydroxylation is 1. The average molecular weight is 621 g/mol. The molecule has 8 nitrogen and oxygen atoms in total. The maximum Gasteiger partial charge on any atom is 0.269 e. The van der Waals surface area contributed by atoms with Crippen LogP contribution in [0.15, 0.2) is 48.8 Å². The van der Waals surface area contributed by atoms with E-state index in [1.54, 1.807) is 60.3 Å². The van der Waals surface area contributed by atoms with Crippen LogP contribution in [0, 0.1) is 11.6 Å². The predicted molar refractivity (Wildman–Crippen MR) is 168 cm³/mol. The van der Waals surface area contributed by atoms with E-state index in [1.807, 2.05) is 6.08 Å². The maximum absolute atomic E-state index is 16.4. The molecule has 2 aromatic carbocycles. The van der Waals surface area contributed by atoms with Crippen LogP contribution in [0.4, 0.5) is 8.78 Å². The van der Waals surface area contributed by atoms with Gasteiger partial charge in [0.25, 0.3) is 5.91 Å². The number of benzene rings is 2. The lowest BCUT2D eigenvalue weighted by Gasteiger charge is -2.28. The number of halogens is 3. The van der Waals surface area contributed by atoms with Gasteiger partial charge in [0.1, 0.15) is 11.5 Å². The lowest BCUT2D eigenvalue weighted by molar-refractivity contribution is -0.131. The van der Waals surface area contributed by atoms with Gasteiger partial charge in [-0.1, -0.05) is 17.7 Å². The number of aromatic amines is 1. The molecule has 0 atom stereocenters. The molecule has 1 fully saturated rings. The molecule has 6 rings (SSSR count). The zero-order chi connectivity index (χ0) is 31.0. The first-order valence-electron chi connectivity index (χ1n) is 14.9. The van der Waals surface area contributed by atoms with E-state index in [-0.39, 0.29) is 53.3 Å². The Morgan fingerprint density at radius 2 is 1.89 bits per heavy atom. The standard InChI is InChI=1S/C33H35ClF2N6O2/c1-40(2)33(44)29-18-26-24(25-17-28(35)22(16-27(25)34)20-6-10-37-11-7-20)15-23(31(36)32(26)39-29)21-5-3-12-41(19-21)30(43)8-14-42-13-4-9-38-42/h4-5,9,13,15-18,20,37,39H,3,6-8,10-12,14,19H2,1-2H3. The van der Waals surface area contributed by atoms with Crippen molar-refractivity contribution in [1.82, 2.24) is 29.9 Å². The van der Waals surface area contributed by atoms with Gasteiger partial charge in [0.05, 0.1) is 5.52 Å². The van der Waals surface area contributed by atoms with Crippen LogP contribution in [0.5, 0.6) is 0 Å². The number of H-pyrrole nitrogens is 1. The van der Waals surface area contributed by atoms with E-state index in [0.29, 0.717) is 52.2 Å². The van der Waals surface area contributed by atoms with Gasteiger partial charge < -0.3 is 20.1 Å². The fourth-order valence-corrected chi connectivity index (χ4v) is 6.51. The monoisotopic (exact) mass is 620 g/mol. The van der Waals surface area contributed by atoms with Gasteiger partial charge in [0.15, 0.2) is 5.82 Å². The minimum Gasteiger partial charge on any atom is -0.348 e. The fraction of sp³-hybridized carbons (Fsp3) is 0.364. The molecule has 2 N–H and O–H groups in total. The van der Waals surface area contributed by atoms with Crippen LogP contribution >= 0.6 is 11.6 Å². The number of rotatable bonds is 7. The summed E-state index contributed by atoms with van der Waals surface area (Å²) in [6.45, 7) is 2.83. The molecule has 11 heteroatoms. The minimum atomic E-state index is -0.540. The number of carbonyl (C=O) groups excluding carboxylic acids is 2. The van der Waals surface area contributed by atoms with Crippen molar-refractivity contribution in [1.29, 1.82) is 0 Å². The van der Waals surface area contributed by atoms with Gasteiger partial charge >= 0.3 is 0 Å². The lowest BCUT2D eigenvalue weighted by Crippen LogP contribution is -2.36.